The van der Waals surface area contributed by atoms with Crippen LogP contribution < -0.4 is 0 Å². The van der Waals surface area contributed by atoms with Gasteiger partial charge in [-0.3, -0.25) is 4.52 Å². The number of hydrogen-bond acceptors (Lipinski definition) is 4. The van der Waals surface area contributed by atoms with Gasteiger partial charge in [-0.1, -0.05) is 0 Å². The SMILES string of the molecule is CCN(N=O)C(C)OP(=O)(O)O. The second-order valence-electron chi connectivity index (χ2n) is 2.03. The van der Waals surface area contributed by atoms with Gasteiger partial charge in [0, 0.05) is 6.54 Å². The van der Waals surface area contributed by atoms with E-state index in [0.29, 0.717) is 0 Å². The summed E-state index contributed by atoms with van der Waals surface area (Å²) in [5, 5.41) is 3.38. The van der Waals surface area contributed by atoms with E-state index >= 15 is 0 Å². The van der Waals surface area contributed by atoms with Gasteiger partial charge in [0.15, 0.2) is 6.23 Å². The maximum absolute atomic E-state index is 10.3. The highest BCUT2D eigenvalue weighted by Crippen LogP contribution is 2.38. The van der Waals surface area contributed by atoms with Crippen LogP contribution in [0.25, 0.3) is 0 Å². The summed E-state index contributed by atoms with van der Waals surface area (Å²) in [5.41, 5.74) is 0. The zero-order valence-electron chi connectivity index (χ0n) is 6.75. The monoisotopic (exact) mass is 198 g/mol. The number of nitrogens with zero attached hydrogens (tertiary/aromatic N) is 2. The highest BCUT2D eigenvalue weighted by molar-refractivity contribution is 7.46. The Hall–Kier alpha value is -0.490. The van der Waals surface area contributed by atoms with Crippen molar-refractivity contribution < 1.29 is 18.9 Å². The lowest BCUT2D eigenvalue weighted by atomic mass is 10.6. The van der Waals surface area contributed by atoms with Crippen LogP contribution in [0.4, 0.5) is 0 Å². The van der Waals surface area contributed by atoms with Crippen LogP contribution in [0.5, 0.6) is 0 Å². The van der Waals surface area contributed by atoms with Crippen LogP contribution >= 0.6 is 7.82 Å². The van der Waals surface area contributed by atoms with Crippen LogP contribution in [0.1, 0.15) is 13.8 Å². The molecule has 0 aromatic carbocycles. The van der Waals surface area contributed by atoms with Crippen LogP contribution in [0.2, 0.25) is 0 Å². The third-order valence-electron chi connectivity index (χ3n) is 1.14. The minimum Gasteiger partial charge on any atom is -0.303 e. The molecule has 0 bridgehead atoms. The zero-order valence-corrected chi connectivity index (χ0v) is 7.64. The number of rotatable bonds is 5. The number of phosphoric ester groups is 1. The Morgan fingerprint density at radius 2 is 2.17 bits per heavy atom. The minimum atomic E-state index is -4.54. The van der Waals surface area contributed by atoms with E-state index in [1.807, 2.05) is 0 Å². The average Bonchev–Trinajstić information content (AvgIpc) is 1.85. The molecule has 0 saturated carbocycles. The molecule has 0 rings (SSSR count). The van der Waals surface area contributed by atoms with Crippen molar-refractivity contribution in [3.05, 3.63) is 4.91 Å². The van der Waals surface area contributed by atoms with Gasteiger partial charge in [0.25, 0.3) is 0 Å². The molecule has 0 amide bonds. The molecule has 2 N–H and O–H groups in total. The molecule has 0 fully saturated rings. The van der Waals surface area contributed by atoms with Gasteiger partial charge in [-0.2, -0.15) is 0 Å². The van der Waals surface area contributed by atoms with Crippen molar-refractivity contribution in [2.75, 3.05) is 6.54 Å². The Bertz CT molecular complexity index is 192. The first-order chi connectivity index (χ1) is 5.40. The van der Waals surface area contributed by atoms with Gasteiger partial charge in [-0.05, 0) is 13.8 Å². The fourth-order valence-electron chi connectivity index (χ4n) is 0.634. The molecule has 8 heteroatoms. The molecular weight excluding hydrogens is 187 g/mol. The molecule has 0 aliphatic rings. The van der Waals surface area contributed by atoms with Crippen molar-refractivity contribution in [3.8, 4) is 0 Å². The molecule has 12 heavy (non-hydrogen) atoms. The summed E-state index contributed by atoms with van der Waals surface area (Å²) in [6, 6.07) is 0. The van der Waals surface area contributed by atoms with Crippen molar-refractivity contribution in [2.45, 2.75) is 20.1 Å². The summed E-state index contributed by atoms with van der Waals surface area (Å²) in [5.74, 6) is 0. The molecule has 0 heterocycles. The molecule has 0 saturated heterocycles. The van der Waals surface area contributed by atoms with Crippen molar-refractivity contribution in [1.82, 2.24) is 5.01 Å². The van der Waals surface area contributed by atoms with E-state index in [4.69, 9.17) is 9.79 Å². The molecule has 0 aromatic heterocycles. The Morgan fingerprint density at radius 3 is 2.42 bits per heavy atom. The van der Waals surface area contributed by atoms with E-state index in [-0.39, 0.29) is 6.54 Å². The lowest BCUT2D eigenvalue weighted by Crippen LogP contribution is -2.29. The summed E-state index contributed by atoms with van der Waals surface area (Å²) in [6.45, 7) is 3.16. The van der Waals surface area contributed by atoms with Crippen LogP contribution in [-0.2, 0) is 9.09 Å². The quantitative estimate of drug-likeness (QED) is 0.288. The van der Waals surface area contributed by atoms with Crippen LogP contribution in [-0.4, -0.2) is 27.6 Å². The van der Waals surface area contributed by atoms with Crippen molar-refractivity contribution in [3.63, 3.8) is 0 Å². The summed E-state index contributed by atoms with van der Waals surface area (Å²) < 4.78 is 14.5. The topological polar surface area (TPSA) is 99.4 Å². The largest absolute Gasteiger partial charge is 0.471 e. The van der Waals surface area contributed by atoms with Gasteiger partial charge >= 0.3 is 7.82 Å². The smallest absolute Gasteiger partial charge is 0.303 e. The van der Waals surface area contributed by atoms with Gasteiger partial charge < -0.3 is 9.79 Å². The Morgan fingerprint density at radius 1 is 1.67 bits per heavy atom. The molecule has 0 radical (unpaired) electrons. The van der Waals surface area contributed by atoms with E-state index in [1.165, 1.54) is 6.92 Å². The first kappa shape index (κ1) is 11.5. The van der Waals surface area contributed by atoms with Crippen molar-refractivity contribution >= 4 is 7.82 Å². The maximum Gasteiger partial charge on any atom is 0.471 e. The molecular formula is C4H11N2O5P. The molecule has 1 atom stereocenters. The van der Waals surface area contributed by atoms with Gasteiger partial charge in [-0.15, -0.1) is 4.91 Å². The minimum absolute atomic E-state index is 0.227. The highest BCUT2D eigenvalue weighted by atomic mass is 31.2. The summed E-state index contributed by atoms with van der Waals surface area (Å²) in [7, 11) is -4.54. The van der Waals surface area contributed by atoms with E-state index in [1.54, 1.807) is 6.92 Å². The Kier molecular flexibility index (Phi) is 4.33. The lowest BCUT2D eigenvalue weighted by Gasteiger charge is -2.21. The van der Waals surface area contributed by atoms with Gasteiger partial charge in [0.1, 0.15) is 0 Å². The summed E-state index contributed by atoms with van der Waals surface area (Å²) in [4.78, 5) is 26.7. The van der Waals surface area contributed by atoms with E-state index in [0.717, 1.165) is 5.01 Å². The van der Waals surface area contributed by atoms with Crippen molar-refractivity contribution in [2.24, 2.45) is 5.29 Å². The fraction of sp³-hybridized carbons (Fsp3) is 1.00. The van der Waals surface area contributed by atoms with Crippen LogP contribution in [0.3, 0.4) is 0 Å². The van der Waals surface area contributed by atoms with E-state index in [2.05, 4.69) is 9.81 Å². The van der Waals surface area contributed by atoms with Gasteiger partial charge in [0.2, 0.25) is 0 Å². The maximum atomic E-state index is 10.3. The number of phosphoric acid groups is 1. The molecule has 7 nitrogen and oxygen atoms in total. The third kappa shape index (κ3) is 4.40. The van der Waals surface area contributed by atoms with Gasteiger partial charge in [-0.25, -0.2) is 9.57 Å². The van der Waals surface area contributed by atoms with Gasteiger partial charge in [0.05, 0.1) is 5.29 Å². The second kappa shape index (κ2) is 4.51. The summed E-state index contributed by atoms with van der Waals surface area (Å²) in [6.07, 6.45) is -1.02. The van der Waals surface area contributed by atoms with Crippen molar-refractivity contribution in [1.29, 1.82) is 0 Å². The Labute approximate surface area is 69.5 Å². The summed E-state index contributed by atoms with van der Waals surface area (Å²) >= 11 is 0. The molecule has 1 unspecified atom stereocenters. The molecule has 0 aromatic rings. The zero-order chi connectivity index (χ0) is 9.78. The second-order valence-corrected chi connectivity index (χ2v) is 3.22. The molecule has 0 spiro atoms. The Balaban J connectivity index is 4.10. The number of hydrogen-bond donors (Lipinski definition) is 2. The number of nitroso groups, excluding NO2 is 1. The first-order valence-electron chi connectivity index (χ1n) is 3.24. The highest BCUT2D eigenvalue weighted by Gasteiger charge is 2.22. The molecule has 72 valence electrons. The average molecular weight is 198 g/mol. The van der Waals surface area contributed by atoms with Crippen LogP contribution in [0.15, 0.2) is 5.29 Å². The fourth-order valence-corrected chi connectivity index (χ4v) is 1.14. The third-order valence-corrected chi connectivity index (χ3v) is 1.72. The van der Waals surface area contributed by atoms with E-state index in [9.17, 15) is 9.47 Å². The van der Waals surface area contributed by atoms with E-state index < -0.39 is 14.1 Å². The molecule has 0 aliphatic heterocycles. The predicted molar refractivity (Wildman–Crippen MR) is 40.8 cm³/mol. The first-order valence-corrected chi connectivity index (χ1v) is 4.77. The predicted octanol–water partition coefficient (Wildman–Crippen LogP) is 0.445. The standard InChI is InChI=1S/C4H11N2O5P/c1-3-6(5-7)4(2)11-12(8,9)10/h4H,3H2,1-2H3,(H2,8,9,10). The molecule has 0 aliphatic carbocycles. The van der Waals surface area contributed by atoms with Crippen LogP contribution in [0, 0.1) is 4.91 Å². The normalized spacial score (nSPS) is 14.0. The lowest BCUT2D eigenvalue weighted by molar-refractivity contribution is 0.0196.